The van der Waals surface area contributed by atoms with Crippen molar-refractivity contribution >= 4 is 45.4 Å². The van der Waals surface area contributed by atoms with Crippen LogP contribution in [0.3, 0.4) is 0 Å². The van der Waals surface area contributed by atoms with Crippen molar-refractivity contribution in [3.8, 4) is 0 Å². The fourth-order valence-corrected chi connectivity index (χ4v) is 1.22. The third kappa shape index (κ3) is 1.51. The Hall–Kier alpha value is -0.810. The number of H-pyrrole nitrogens is 1. The standard InChI is InChI=1S/C6H5BrN4.ClH/c7-3-1-4-5(9-2-3)11-6(8)10-4;/h1-2H,(H3,8,9,10,11);1H. The van der Waals surface area contributed by atoms with Crippen molar-refractivity contribution in [1.82, 2.24) is 15.0 Å². The minimum Gasteiger partial charge on any atom is -0.369 e. The number of nitrogens with two attached hydrogens (primary N) is 1. The lowest BCUT2D eigenvalue weighted by Gasteiger charge is -1.86. The number of halogens is 2. The molecule has 0 unspecified atom stereocenters. The molecular weight excluding hydrogens is 243 g/mol. The summed E-state index contributed by atoms with van der Waals surface area (Å²) in [5.41, 5.74) is 6.91. The normalized spacial score (nSPS) is 9.75. The van der Waals surface area contributed by atoms with E-state index < -0.39 is 0 Å². The van der Waals surface area contributed by atoms with Gasteiger partial charge in [-0.3, -0.25) is 0 Å². The Kier molecular flexibility index (Phi) is 2.54. The number of pyridine rings is 1. The average molecular weight is 249 g/mol. The first-order chi connectivity index (χ1) is 5.25. The monoisotopic (exact) mass is 248 g/mol. The molecule has 0 saturated heterocycles. The number of rotatable bonds is 0. The van der Waals surface area contributed by atoms with Crippen LogP contribution in [0, 0.1) is 0 Å². The summed E-state index contributed by atoms with van der Waals surface area (Å²) in [5.74, 6) is 0.394. The van der Waals surface area contributed by atoms with Gasteiger partial charge >= 0.3 is 0 Å². The van der Waals surface area contributed by atoms with Crippen LogP contribution in [-0.4, -0.2) is 15.0 Å². The molecule has 0 aliphatic carbocycles. The Morgan fingerprint density at radius 1 is 1.50 bits per heavy atom. The predicted molar refractivity (Wildman–Crippen MR) is 53.2 cm³/mol. The second kappa shape index (κ2) is 3.28. The number of imidazole rings is 1. The van der Waals surface area contributed by atoms with Crippen LogP contribution in [0.5, 0.6) is 0 Å². The summed E-state index contributed by atoms with van der Waals surface area (Å²) in [6.07, 6.45) is 1.68. The van der Waals surface area contributed by atoms with Crippen LogP contribution in [0.4, 0.5) is 5.95 Å². The maximum Gasteiger partial charge on any atom is 0.200 e. The zero-order valence-electron chi connectivity index (χ0n) is 5.91. The molecule has 0 radical (unpaired) electrons. The summed E-state index contributed by atoms with van der Waals surface area (Å²) in [4.78, 5) is 10.9. The van der Waals surface area contributed by atoms with Gasteiger partial charge in [-0.15, -0.1) is 12.4 Å². The number of nitrogens with zero attached hydrogens (tertiary/aromatic N) is 2. The second-order valence-electron chi connectivity index (χ2n) is 2.15. The largest absolute Gasteiger partial charge is 0.369 e. The van der Waals surface area contributed by atoms with Gasteiger partial charge in [-0.25, -0.2) is 4.98 Å². The highest BCUT2D eigenvalue weighted by Gasteiger charge is 1.99. The first-order valence-corrected chi connectivity index (χ1v) is 3.82. The minimum absolute atomic E-state index is 0. The summed E-state index contributed by atoms with van der Waals surface area (Å²) in [6.45, 7) is 0. The molecule has 0 aliphatic heterocycles. The fraction of sp³-hybridized carbons (Fsp3) is 0. The Morgan fingerprint density at radius 2 is 2.25 bits per heavy atom. The number of hydrogen-bond acceptors (Lipinski definition) is 3. The van der Waals surface area contributed by atoms with E-state index in [4.69, 9.17) is 5.73 Å². The van der Waals surface area contributed by atoms with Gasteiger partial charge in [0.15, 0.2) is 11.6 Å². The van der Waals surface area contributed by atoms with Crippen molar-refractivity contribution in [2.75, 3.05) is 5.73 Å². The number of aromatic amines is 1. The van der Waals surface area contributed by atoms with E-state index >= 15 is 0 Å². The number of nitrogen functional groups attached to an aromatic ring is 1. The smallest absolute Gasteiger partial charge is 0.200 e. The van der Waals surface area contributed by atoms with Gasteiger partial charge in [0.05, 0.1) is 5.52 Å². The molecule has 0 atom stereocenters. The Morgan fingerprint density at radius 3 is 3.00 bits per heavy atom. The van der Waals surface area contributed by atoms with E-state index in [1.807, 2.05) is 6.07 Å². The molecule has 2 aromatic rings. The molecule has 3 N–H and O–H groups in total. The number of anilines is 1. The fourth-order valence-electron chi connectivity index (χ4n) is 0.893. The quantitative estimate of drug-likeness (QED) is 0.747. The van der Waals surface area contributed by atoms with Gasteiger partial charge in [-0.1, -0.05) is 0 Å². The summed E-state index contributed by atoms with van der Waals surface area (Å²) < 4.78 is 0.911. The SMILES string of the molecule is Cl.Nc1nc2ncc(Br)cc2[nH]1. The molecule has 4 nitrogen and oxygen atoms in total. The molecule has 0 amide bonds. The molecule has 0 saturated carbocycles. The molecule has 12 heavy (non-hydrogen) atoms. The number of hydrogen-bond donors (Lipinski definition) is 2. The van der Waals surface area contributed by atoms with Gasteiger partial charge in [0.2, 0.25) is 0 Å². The lowest BCUT2D eigenvalue weighted by Crippen LogP contribution is -1.84. The van der Waals surface area contributed by atoms with Crippen LogP contribution in [0.1, 0.15) is 0 Å². The number of fused-ring (bicyclic) bond motifs is 1. The Bertz CT molecular complexity index is 399. The molecule has 6 heteroatoms. The van der Waals surface area contributed by atoms with Crippen molar-refractivity contribution in [3.05, 3.63) is 16.7 Å². The van der Waals surface area contributed by atoms with Crippen molar-refractivity contribution in [2.24, 2.45) is 0 Å². The van der Waals surface area contributed by atoms with Gasteiger partial charge in [0.1, 0.15) is 0 Å². The number of nitrogens with one attached hydrogen (secondary N) is 1. The molecule has 0 fully saturated rings. The van der Waals surface area contributed by atoms with Crippen LogP contribution in [0.15, 0.2) is 16.7 Å². The second-order valence-corrected chi connectivity index (χ2v) is 3.06. The summed E-state index contributed by atoms with van der Waals surface area (Å²) >= 11 is 3.29. The van der Waals surface area contributed by atoms with Gasteiger partial charge in [0, 0.05) is 10.7 Å². The van der Waals surface area contributed by atoms with E-state index in [1.165, 1.54) is 0 Å². The van der Waals surface area contributed by atoms with Crippen molar-refractivity contribution in [1.29, 1.82) is 0 Å². The third-order valence-electron chi connectivity index (χ3n) is 1.32. The zero-order chi connectivity index (χ0) is 7.84. The highest BCUT2D eigenvalue weighted by atomic mass is 79.9. The van der Waals surface area contributed by atoms with Gasteiger partial charge in [0.25, 0.3) is 0 Å². The summed E-state index contributed by atoms with van der Waals surface area (Å²) in [6, 6.07) is 1.88. The van der Waals surface area contributed by atoms with E-state index in [9.17, 15) is 0 Å². The van der Waals surface area contributed by atoms with Crippen molar-refractivity contribution in [2.45, 2.75) is 0 Å². The summed E-state index contributed by atoms with van der Waals surface area (Å²) in [5, 5.41) is 0. The molecule has 0 aromatic carbocycles. The first kappa shape index (κ1) is 9.28. The molecule has 64 valence electrons. The van der Waals surface area contributed by atoms with Crippen LogP contribution in [0.25, 0.3) is 11.2 Å². The van der Waals surface area contributed by atoms with E-state index in [0.29, 0.717) is 11.6 Å². The molecule has 2 rings (SSSR count). The highest BCUT2D eigenvalue weighted by molar-refractivity contribution is 9.10. The van der Waals surface area contributed by atoms with Crippen molar-refractivity contribution in [3.63, 3.8) is 0 Å². The van der Waals surface area contributed by atoms with Crippen LogP contribution < -0.4 is 5.73 Å². The Balaban J connectivity index is 0.000000720. The first-order valence-electron chi connectivity index (χ1n) is 3.02. The molecule has 2 aromatic heterocycles. The van der Waals surface area contributed by atoms with Crippen molar-refractivity contribution < 1.29 is 0 Å². The molecular formula is C6H6BrClN4. The average Bonchev–Trinajstić information content (AvgIpc) is 2.27. The van der Waals surface area contributed by atoms with Gasteiger partial charge in [-0.2, -0.15) is 4.98 Å². The van der Waals surface area contributed by atoms with Crippen LogP contribution >= 0.6 is 28.3 Å². The lowest BCUT2D eigenvalue weighted by molar-refractivity contribution is 1.31. The minimum atomic E-state index is 0. The van der Waals surface area contributed by atoms with Crippen LogP contribution in [0.2, 0.25) is 0 Å². The molecule has 2 heterocycles. The molecule has 0 bridgehead atoms. The lowest BCUT2D eigenvalue weighted by atomic mass is 10.4. The third-order valence-corrected chi connectivity index (χ3v) is 1.76. The Labute approximate surface area is 83.1 Å². The van der Waals surface area contributed by atoms with Gasteiger partial charge < -0.3 is 10.7 Å². The van der Waals surface area contributed by atoms with Gasteiger partial charge in [-0.05, 0) is 22.0 Å². The molecule has 0 spiro atoms. The maximum atomic E-state index is 5.42. The zero-order valence-corrected chi connectivity index (χ0v) is 8.32. The highest BCUT2D eigenvalue weighted by Crippen LogP contribution is 2.15. The molecule has 0 aliphatic rings. The van der Waals surface area contributed by atoms with E-state index in [0.717, 1.165) is 9.99 Å². The maximum absolute atomic E-state index is 5.42. The predicted octanol–water partition coefficient (Wildman–Crippen LogP) is 1.72. The van der Waals surface area contributed by atoms with E-state index in [1.54, 1.807) is 6.20 Å². The number of aromatic nitrogens is 3. The van der Waals surface area contributed by atoms with Crippen LogP contribution in [-0.2, 0) is 0 Å². The summed E-state index contributed by atoms with van der Waals surface area (Å²) in [7, 11) is 0. The van der Waals surface area contributed by atoms with E-state index in [-0.39, 0.29) is 12.4 Å². The topological polar surface area (TPSA) is 67.6 Å². The van der Waals surface area contributed by atoms with E-state index in [2.05, 4.69) is 30.9 Å².